The fourth-order valence-corrected chi connectivity index (χ4v) is 1.94. The quantitative estimate of drug-likeness (QED) is 0.705. The topological polar surface area (TPSA) is 31.2 Å². The van der Waals surface area contributed by atoms with Gasteiger partial charge in [-0.25, -0.2) is 0 Å². The lowest BCUT2D eigenvalue weighted by Gasteiger charge is -2.22. The van der Waals surface area contributed by atoms with Crippen LogP contribution in [0.1, 0.15) is 27.7 Å². The lowest BCUT2D eigenvalue weighted by atomic mass is 10.1. The summed E-state index contributed by atoms with van der Waals surface area (Å²) < 4.78 is 7.37. The number of para-hydroxylation sites is 1. The zero-order valence-electron chi connectivity index (χ0n) is 10.7. The molecule has 0 aliphatic heterocycles. The van der Waals surface area contributed by atoms with E-state index >= 15 is 0 Å². The van der Waals surface area contributed by atoms with Crippen molar-refractivity contribution in [2.45, 2.75) is 33.2 Å². The average Bonchev–Trinajstić information content (AvgIpc) is 2.56. The van der Waals surface area contributed by atoms with Gasteiger partial charge in [0.15, 0.2) is 5.75 Å². The summed E-state index contributed by atoms with van der Waals surface area (Å²) >= 11 is 0. The smallest absolute Gasteiger partial charge is 0.308 e. The number of esters is 1. The Morgan fingerprint density at radius 3 is 2.47 bits per heavy atom. The lowest BCUT2D eigenvalue weighted by molar-refractivity contribution is -0.131. The first-order chi connectivity index (χ1) is 7.89. The van der Waals surface area contributed by atoms with E-state index in [2.05, 4.69) is 25.3 Å². The van der Waals surface area contributed by atoms with Crippen molar-refractivity contribution < 1.29 is 9.53 Å². The normalized spacial score (nSPS) is 11.8. The Labute approximate surface area is 101 Å². The van der Waals surface area contributed by atoms with Gasteiger partial charge in [0.1, 0.15) is 0 Å². The molecule has 0 atom stereocenters. The summed E-state index contributed by atoms with van der Waals surface area (Å²) in [7, 11) is 0. The molecule has 0 fully saturated rings. The summed E-state index contributed by atoms with van der Waals surface area (Å²) in [6.07, 6.45) is 1.89. The number of ether oxygens (including phenoxy) is 1. The van der Waals surface area contributed by atoms with Crippen LogP contribution in [0.2, 0.25) is 0 Å². The third-order valence-electron chi connectivity index (χ3n) is 2.65. The second-order valence-electron chi connectivity index (χ2n) is 5.14. The van der Waals surface area contributed by atoms with Crippen molar-refractivity contribution in [3.63, 3.8) is 0 Å². The largest absolute Gasteiger partial charge is 0.424 e. The maximum atomic E-state index is 11.1. The monoisotopic (exact) mass is 231 g/mol. The van der Waals surface area contributed by atoms with Gasteiger partial charge in [-0.2, -0.15) is 0 Å². The molecule has 0 aliphatic rings. The molecule has 2 aromatic rings. The second kappa shape index (κ2) is 3.91. The Kier molecular flexibility index (Phi) is 2.69. The van der Waals surface area contributed by atoms with Crippen molar-refractivity contribution >= 4 is 16.9 Å². The molecule has 3 heteroatoms. The SMILES string of the molecule is CC(=O)Oc1cn(C(C)(C)C)c2ccccc12. The molecule has 0 aliphatic carbocycles. The van der Waals surface area contributed by atoms with Gasteiger partial charge < -0.3 is 9.30 Å². The van der Waals surface area contributed by atoms with Crippen LogP contribution in [0.25, 0.3) is 10.9 Å². The molecule has 2 rings (SSSR count). The van der Waals surface area contributed by atoms with Gasteiger partial charge in [-0.15, -0.1) is 0 Å². The maximum Gasteiger partial charge on any atom is 0.308 e. The van der Waals surface area contributed by atoms with Crippen LogP contribution in [-0.2, 0) is 10.3 Å². The molecule has 0 bridgehead atoms. The van der Waals surface area contributed by atoms with Crippen molar-refractivity contribution in [3.8, 4) is 5.75 Å². The van der Waals surface area contributed by atoms with Gasteiger partial charge in [0.2, 0.25) is 0 Å². The van der Waals surface area contributed by atoms with E-state index < -0.39 is 0 Å². The zero-order valence-corrected chi connectivity index (χ0v) is 10.7. The van der Waals surface area contributed by atoms with Crippen molar-refractivity contribution in [1.29, 1.82) is 0 Å². The number of fused-ring (bicyclic) bond motifs is 1. The number of carbonyl (C=O) groups is 1. The molecule has 0 amide bonds. The van der Waals surface area contributed by atoms with Gasteiger partial charge in [-0.1, -0.05) is 12.1 Å². The molecule has 0 radical (unpaired) electrons. The number of hydrogen-bond acceptors (Lipinski definition) is 2. The third kappa shape index (κ3) is 2.18. The lowest BCUT2D eigenvalue weighted by Crippen LogP contribution is -2.20. The first-order valence-electron chi connectivity index (χ1n) is 5.68. The fraction of sp³-hybridized carbons (Fsp3) is 0.357. The molecular weight excluding hydrogens is 214 g/mol. The van der Waals surface area contributed by atoms with Crippen LogP contribution in [0, 0.1) is 0 Å². The number of rotatable bonds is 1. The van der Waals surface area contributed by atoms with Crippen LogP contribution >= 0.6 is 0 Å². The van der Waals surface area contributed by atoms with E-state index in [9.17, 15) is 4.79 Å². The van der Waals surface area contributed by atoms with Crippen LogP contribution in [0.3, 0.4) is 0 Å². The number of hydrogen-bond donors (Lipinski definition) is 0. The minimum atomic E-state index is -0.290. The molecule has 0 N–H and O–H groups in total. The molecule has 0 spiro atoms. The third-order valence-corrected chi connectivity index (χ3v) is 2.65. The minimum absolute atomic E-state index is 0.0436. The van der Waals surface area contributed by atoms with Gasteiger partial charge in [0.25, 0.3) is 0 Å². The van der Waals surface area contributed by atoms with Gasteiger partial charge in [-0.05, 0) is 32.9 Å². The fourth-order valence-electron chi connectivity index (χ4n) is 1.94. The van der Waals surface area contributed by atoms with Gasteiger partial charge in [0, 0.05) is 24.0 Å². The van der Waals surface area contributed by atoms with Crippen molar-refractivity contribution in [2.75, 3.05) is 0 Å². The Morgan fingerprint density at radius 2 is 1.88 bits per heavy atom. The molecule has 1 aromatic heterocycles. The van der Waals surface area contributed by atoms with Gasteiger partial charge in [-0.3, -0.25) is 4.79 Å². The number of carbonyl (C=O) groups excluding carboxylic acids is 1. The summed E-state index contributed by atoms with van der Waals surface area (Å²) in [5, 5.41) is 0.970. The summed E-state index contributed by atoms with van der Waals surface area (Å²) in [5.74, 6) is 0.338. The predicted octanol–water partition coefficient (Wildman–Crippen LogP) is 3.32. The van der Waals surface area contributed by atoms with E-state index in [0.29, 0.717) is 5.75 Å². The Balaban J connectivity index is 2.67. The van der Waals surface area contributed by atoms with Crippen LogP contribution in [-0.4, -0.2) is 10.5 Å². The molecule has 1 aromatic carbocycles. The van der Waals surface area contributed by atoms with Crippen molar-refractivity contribution in [1.82, 2.24) is 4.57 Å². The standard InChI is InChI=1S/C14H17NO2/c1-10(16)17-13-9-15(14(2,3)4)12-8-6-5-7-11(12)13/h5-9H,1-4H3. The molecule has 0 saturated carbocycles. The molecule has 0 saturated heterocycles. The Hall–Kier alpha value is -1.77. The van der Waals surface area contributed by atoms with Gasteiger partial charge in [0.05, 0.1) is 5.52 Å². The Bertz CT molecular complexity index is 561. The number of aromatic nitrogens is 1. The summed E-state index contributed by atoms with van der Waals surface area (Å²) in [6.45, 7) is 7.79. The first kappa shape index (κ1) is 11.7. The molecule has 3 nitrogen and oxygen atoms in total. The van der Waals surface area contributed by atoms with E-state index in [0.717, 1.165) is 10.9 Å². The highest BCUT2D eigenvalue weighted by Crippen LogP contribution is 2.32. The summed E-state index contributed by atoms with van der Waals surface area (Å²) in [6, 6.07) is 7.94. The maximum absolute atomic E-state index is 11.1. The van der Waals surface area contributed by atoms with E-state index in [1.807, 2.05) is 30.5 Å². The summed E-state index contributed by atoms with van der Waals surface area (Å²) in [4.78, 5) is 11.1. The second-order valence-corrected chi connectivity index (χ2v) is 5.14. The molecule has 17 heavy (non-hydrogen) atoms. The number of benzene rings is 1. The van der Waals surface area contributed by atoms with E-state index in [1.54, 1.807) is 0 Å². The van der Waals surface area contributed by atoms with Crippen molar-refractivity contribution in [3.05, 3.63) is 30.5 Å². The van der Waals surface area contributed by atoms with E-state index in [-0.39, 0.29) is 11.5 Å². The molecule has 1 heterocycles. The first-order valence-corrected chi connectivity index (χ1v) is 5.68. The van der Waals surface area contributed by atoms with E-state index in [4.69, 9.17) is 4.74 Å². The highest BCUT2D eigenvalue weighted by molar-refractivity contribution is 5.89. The average molecular weight is 231 g/mol. The molecular formula is C14H17NO2. The summed E-state index contributed by atoms with van der Waals surface area (Å²) in [5.41, 5.74) is 1.04. The highest BCUT2D eigenvalue weighted by Gasteiger charge is 2.19. The molecule has 0 unspecified atom stereocenters. The van der Waals surface area contributed by atoms with Crippen LogP contribution in [0.15, 0.2) is 30.5 Å². The number of nitrogens with zero attached hydrogens (tertiary/aromatic N) is 1. The van der Waals surface area contributed by atoms with Crippen LogP contribution in [0.5, 0.6) is 5.75 Å². The highest BCUT2D eigenvalue weighted by atomic mass is 16.5. The van der Waals surface area contributed by atoms with Crippen molar-refractivity contribution in [2.24, 2.45) is 0 Å². The van der Waals surface area contributed by atoms with Gasteiger partial charge >= 0.3 is 5.97 Å². The zero-order chi connectivity index (χ0) is 12.6. The van der Waals surface area contributed by atoms with Crippen LogP contribution in [0.4, 0.5) is 0 Å². The van der Waals surface area contributed by atoms with Crippen LogP contribution < -0.4 is 4.74 Å². The Morgan fingerprint density at radius 1 is 1.24 bits per heavy atom. The molecule has 90 valence electrons. The van der Waals surface area contributed by atoms with E-state index in [1.165, 1.54) is 6.92 Å². The predicted molar refractivity (Wildman–Crippen MR) is 68.2 cm³/mol. The minimum Gasteiger partial charge on any atom is -0.424 e.